The predicted octanol–water partition coefficient (Wildman–Crippen LogP) is 2.00. The Morgan fingerprint density at radius 1 is 1.47 bits per heavy atom. The van der Waals surface area contributed by atoms with Crippen LogP contribution in [-0.4, -0.2) is 21.6 Å². The van der Waals surface area contributed by atoms with Crippen molar-refractivity contribution in [2.24, 2.45) is 12.8 Å². The van der Waals surface area contributed by atoms with Gasteiger partial charge in [-0.1, -0.05) is 12.2 Å². The minimum absolute atomic E-state index is 0.441. The molecule has 1 heterocycles. The predicted molar refractivity (Wildman–Crippen MR) is 82.4 cm³/mol. The lowest BCUT2D eigenvalue weighted by molar-refractivity contribution is 0.761. The van der Waals surface area contributed by atoms with Crippen LogP contribution < -0.4 is 10.6 Å². The highest BCUT2D eigenvalue weighted by atomic mass is 32.1. The Morgan fingerprint density at radius 2 is 2.21 bits per heavy atom. The van der Waals surface area contributed by atoms with Gasteiger partial charge < -0.3 is 15.2 Å². The van der Waals surface area contributed by atoms with E-state index in [0.717, 1.165) is 29.2 Å². The molecule has 0 fully saturated rings. The summed E-state index contributed by atoms with van der Waals surface area (Å²) < 4.78 is 2.02. The van der Waals surface area contributed by atoms with Gasteiger partial charge in [0.15, 0.2) is 0 Å². The SMILES string of the molecule is Cc1cc(N(C)Cc2nccn2C)ccc1C(N)=S. The van der Waals surface area contributed by atoms with Gasteiger partial charge in [-0.3, -0.25) is 0 Å². The molecule has 0 spiro atoms. The van der Waals surface area contributed by atoms with Crippen LogP contribution in [0.1, 0.15) is 17.0 Å². The van der Waals surface area contributed by atoms with Crippen LogP contribution in [0.5, 0.6) is 0 Å². The molecule has 1 aromatic heterocycles. The quantitative estimate of drug-likeness (QED) is 0.866. The van der Waals surface area contributed by atoms with Crippen molar-refractivity contribution in [3.63, 3.8) is 0 Å². The summed E-state index contributed by atoms with van der Waals surface area (Å²) in [5, 5.41) is 0. The van der Waals surface area contributed by atoms with Gasteiger partial charge in [0.1, 0.15) is 10.8 Å². The monoisotopic (exact) mass is 274 g/mol. The summed E-state index contributed by atoms with van der Waals surface area (Å²) in [4.78, 5) is 6.92. The summed E-state index contributed by atoms with van der Waals surface area (Å²) in [6.45, 7) is 2.78. The Labute approximate surface area is 118 Å². The zero-order valence-electron chi connectivity index (χ0n) is 11.4. The average molecular weight is 274 g/mol. The van der Waals surface area contributed by atoms with E-state index < -0.39 is 0 Å². The van der Waals surface area contributed by atoms with E-state index in [1.165, 1.54) is 0 Å². The van der Waals surface area contributed by atoms with Crippen molar-refractivity contribution < 1.29 is 0 Å². The van der Waals surface area contributed by atoms with Crippen LogP contribution in [0.25, 0.3) is 0 Å². The fourth-order valence-corrected chi connectivity index (χ4v) is 2.24. The first-order chi connectivity index (χ1) is 8.99. The van der Waals surface area contributed by atoms with Gasteiger partial charge in [0.2, 0.25) is 0 Å². The average Bonchev–Trinajstić information content (AvgIpc) is 2.74. The zero-order valence-corrected chi connectivity index (χ0v) is 12.2. The molecule has 0 aliphatic heterocycles. The molecular formula is C14H18N4S. The Kier molecular flexibility index (Phi) is 3.85. The second-order valence-corrected chi connectivity index (χ2v) is 5.11. The number of nitrogens with zero attached hydrogens (tertiary/aromatic N) is 3. The van der Waals surface area contributed by atoms with Crippen LogP contribution in [0.4, 0.5) is 5.69 Å². The maximum Gasteiger partial charge on any atom is 0.127 e. The van der Waals surface area contributed by atoms with E-state index in [1.54, 1.807) is 0 Å². The number of aromatic nitrogens is 2. The molecule has 1 aromatic carbocycles. The Hall–Kier alpha value is -1.88. The molecule has 2 aromatic rings. The van der Waals surface area contributed by atoms with Gasteiger partial charge in [0.25, 0.3) is 0 Å². The standard InChI is InChI=1S/C14H18N4S/c1-10-8-11(4-5-12(10)14(15)19)18(3)9-13-16-6-7-17(13)2/h4-8H,9H2,1-3H3,(H2,15,19). The fourth-order valence-electron chi connectivity index (χ4n) is 2.01. The Morgan fingerprint density at radius 3 is 2.74 bits per heavy atom. The number of imidazole rings is 1. The van der Waals surface area contributed by atoms with Gasteiger partial charge >= 0.3 is 0 Å². The second kappa shape index (κ2) is 5.40. The number of nitrogens with two attached hydrogens (primary N) is 1. The first-order valence-corrected chi connectivity index (χ1v) is 6.47. The molecule has 0 aliphatic rings. The van der Waals surface area contributed by atoms with Crippen molar-refractivity contribution in [1.82, 2.24) is 9.55 Å². The van der Waals surface area contributed by atoms with Crippen molar-refractivity contribution in [3.8, 4) is 0 Å². The number of benzene rings is 1. The van der Waals surface area contributed by atoms with Gasteiger partial charge in [-0.15, -0.1) is 0 Å². The van der Waals surface area contributed by atoms with Crippen molar-refractivity contribution in [1.29, 1.82) is 0 Å². The number of hydrogen-bond acceptors (Lipinski definition) is 3. The van der Waals surface area contributed by atoms with Crippen LogP contribution >= 0.6 is 12.2 Å². The van der Waals surface area contributed by atoms with Crippen LogP contribution in [0.3, 0.4) is 0 Å². The highest BCUT2D eigenvalue weighted by Crippen LogP contribution is 2.19. The second-order valence-electron chi connectivity index (χ2n) is 4.67. The molecule has 100 valence electrons. The van der Waals surface area contributed by atoms with E-state index in [2.05, 4.69) is 16.0 Å². The van der Waals surface area contributed by atoms with E-state index in [4.69, 9.17) is 18.0 Å². The third-order valence-corrected chi connectivity index (χ3v) is 3.44. The van der Waals surface area contributed by atoms with E-state index in [9.17, 15) is 0 Å². The topological polar surface area (TPSA) is 47.1 Å². The lowest BCUT2D eigenvalue weighted by Crippen LogP contribution is -2.19. The molecule has 4 nitrogen and oxygen atoms in total. The van der Waals surface area contributed by atoms with E-state index in [-0.39, 0.29) is 0 Å². The van der Waals surface area contributed by atoms with Crippen LogP contribution in [0.2, 0.25) is 0 Å². The lowest BCUT2D eigenvalue weighted by Gasteiger charge is -2.20. The van der Waals surface area contributed by atoms with Gasteiger partial charge in [0, 0.05) is 37.7 Å². The summed E-state index contributed by atoms with van der Waals surface area (Å²) in [5.74, 6) is 1.03. The molecule has 19 heavy (non-hydrogen) atoms. The summed E-state index contributed by atoms with van der Waals surface area (Å²) in [7, 11) is 4.04. The smallest absolute Gasteiger partial charge is 0.127 e. The van der Waals surface area contributed by atoms with Gasteiger partial charge in [-0.2, -0.15) is 0 Å². The van der Waals surface area contributed by atoms with Crippen LogP contribution in [0.15, 0.2) is 30.6 Å². The first kappa shape index (κ1) is 13.5. The molecule has 5 heteroatoms. The number of hydrogen-bond donors (Lipinski definition) is 1. The summed E-state index contributed by atoms with van der Waals surface area (Å²) in [5.41, 5.74) is 8.83. The van der Waals surface area contributed by atoms with Gasteiger partial charge in [-0.05, 0) is 30.7 Å². The molecule has 0 saturated heterocycles. The molecule has 0 unspecified atom stereocenters. The molecule has 0 saturated carbocycles. The first-order valence-electron chi connectivity index (χ1n) is 6.07. The fraction of sp³-hybridized carbons (Fsp3) is 0.286. The molecule has 0 atom stereocenters. The molecule has 0 aliphatic carbocycles. The Bertz CT molecular complexity index is 603. The van der Waals surface area contributed by atoms with Gasteiger partial charge in [-0.25, -0.2) is 4.98 Å². The number of rotatable bonds is 4. The van der Waals surface area contributed by atoms with Crippen LogP contribution in [-0.2, 0) is 13.6 Å². The van der Waals surface area contributed by atoms with Crippen molar-refractivity contribution in [3.05, 3.63) is 47.5 Å². The van der Waals surface area contributed by atoms with Crippen molar-refractivity contribution in [2.75, 3.05) is 11.9 Å². The summed E-state index contributed by atoms with van der Waals surface area (Å²) in [6.07, 6.45) is 3.76. The molecule has 0 amide bonds. The van der Waals surface area contributed by atoms with Crippen LogP contribution in [0, 0.1) is 6.92 Å². The number of anilines is 1. The maximum atomic E-state index is 5.67. The molecule has 0 radical (unpaired) electrons. The lowest BCUT2D eigenvalue weighted by atomic mass is 10.1. The third-order valence-electron chi connectivity index (χ3n) is 3.22. The summed E-state index contributed by atoms with van der Waals surface area (Å²) >= 11 is 5.02. The zero-order chi connectivity index (χ0) is 14.0. The molecule has 2 N–H and O–H groups in total. The minimum Gasteiger partial charge on any atom is -0.389 e. The Balaban J connectivity index is 2.20. The van der Waals surface area contributed by atoms with E-state index >= 15 is 0 Å². The van der Waals surface area contributed by atoms with E-state index in [0.29, 0.717) is 4.99 Å². The molecule has 0 bridgehead atoms. The van der Waals surface area contributed by atoms with Gasteiger partial charge in [0.05, 0.1) is 6.54 Å². The normalized spacial score (nSPS) is 10.5. The minimum atomic E-state index is 0.441. The maximum absolute atomic E-state index is 5.67. The largest absolute Gasteiger partial charge is 0.389 e. The highest BCUT2D eigenvalue weighted by molar-refractivity contribution is 7.80. The molecular weight excluding hydrogens is 256 g/mol. The summed E-state index contributed by atoms with van der Waals surface area (Å²) in [6, 6.07) is 6.10. The highest BCUT2D eigenvalue weighted by Gasteiger charge is 2.08. The number of thiocarbonyl (C=S) groups is 1. The van der Waals surface area contributed by atoms with E-state index in [1.807, 2.05) is 50.1 Å². The third kappa shape index (κ3) is 2.93. The molecule has 2 rings (SSSR count). The van der Waals surface area contributed by atoms with Crippen molar-refractivity contribution >= 4 is 22.9 Å². The number of aryl methyl sites for hydroxylation is 2. The van der Waals surface area contributed by atoms with Crippen molar-refractivity contribution in [2.45, 2.75) is 13.5 Å².